The van der Waals surface area contributed by atoms with Gasteiger partial charge in [-0.3, -0.25) is 4.79 Å². The molecule has 1 aromatic rings. The molecule has 0 saturated heterocycles. The normalized spacial score (nSPS) is 11.4. The molecule has 0 amide bonds. The fourth-order valence-corrected chi connectivity index (χ4v) is 1.47. The molecule has 0 radical (unpaired) electrons. The minimum absolute atomic E-state index is 0.0778. The fraction of sp³-hybridized carbons (Fsp3) is 0.125. The lowest BCUT2D eigenvalue weighted by Gasteiger charge is -2.12. The summed E-state index contributed by atoms with van der Waals surface area (Å²) in [6.45, 7) is 0. The van der Waals surface area contributed by atoms with Crippen molar-refractivity contribution in [2.45, 2.75) is 6.18 Å². The first-order valence-electron chi connectivity index (χ1n) is 3.48. The highest BCUT2D eigenvalue weighted by atomic mass is 79.9. The van der Waals surface area contributed by atoms with Crippen LogP contribution in [0.15, 0.2) is 16.6 Å². The lowest BCUT2D eigenvalue weighted by molar-refractivity contribution is -0.137. The van der Waals surface area contributed by atoms with Gasteiger partial charge in [-0.05, 0) is 12.1 Å². The molecule has 0 aliphatic carbocycles. The number of rotatable bonds is 1. The zero-order valence-electron chi connectivity index (χ0n) is 6.73. The highest BCUT2D eigenvalue weighted by molar-refractivity contribution is 9.10. The van der Waals surface area contributed by atoms with E-state index in [1.54, 1.807) is 0 Å². The van der Waals surface area contributed by atoms with Crippen molar-refractivity contribution in [2.75, 3.05) is 5.73 Å². The predicted molar refractivity (Wildman–Crippen MR) is 48.9 cm³/mol. The van der Waals surface area contributed by atoms with E-state index in [-0.39, 0.29) is 10.8 Å². The Hall–Kier alpha value is -1.04. The van der Waals surface area contributed by atoms with E-state index in [1.165, 1.54) is 6.07 Å². The van der Waals surface area contributed by atoms with Crippen LogP contribution in [0.4, 0.5) is 18.9 Å². The Morgan fingerprint density at radius 2 is 1.93 bits per heavy atom. The first-order chi connectivity index (χ1) is 6.38. The van der Waals surface area contributed by atoms with Gasteiger partial charge in [0.1, 0.15) is 0 Å². The molecule has 0 bridgehead atoms. The Kier molecular flexibility index (Phi) is 2.84. The Morgan fingerprint density at radius 1 is 1.36 bits per heavy atom. The maximum absolute atomic E-state index is 12.4. The fourth-order valence-electron chi connectivity index (χ4n) is 1.04. The van der Waals surface area contributed by atoms with Gasteiger partial charge in [0, 0.05) is 15.7 Å². The van der Waals surface area contributed by atoms with Gasteiger partial charge in [0.2, 0.25) is 0 Å². The maximum Gasteiger partial charge on any atom is 0.419 e. The SMILES string of the molecule is Nc1ccc(Br)c(C=O)c1C(F)(F)F. The Balaban J connectivity index is 3.53. The first kappa shape index (κ1) is 11.0. The summed E-state index contributed by atoms with van der Waals surface area (Å²) in [5.41, 5.74) is 3.13. The third kappa shape index (κ3) is 1.89. The van der Waals surface area contributed by atoms with Crippen molar-refractivity contribution in [1.29, 1.82) is 0 Å². The average Bonchev–Trinajstić information content (AvgIpc) is 2.06. The van der Waals surface area contributed by atoms with Gasteiger partial charge >= 0.3 is 6.18 Å². The molecule has 0 fully saturated rings. The number of anilines is 1. The summed E-state index contributed by atoms with van der Waals surface area (Å²) in [6.07, 6.45) is -4.49. The molecule has 0 atom stereocenters. The lowest BCUT2D eigenvalue weighted by atomic mass is 10.1. The zero-order chi connectivity index (χ0) is 10.9. The summed E-state index contributed by atoms with van der Waals surface area (Å²) >= 11 is 2.85. The van der Waals surface area contributed by atoms with E-state index >= 15 is 0 Å². The summed E-state index contributed by atoms with van der Waals surface area (Å²) in [5, 5.41) is 0. The summed E-state index contributed by atoms with van der Waals surface area (Å²) in [4.78, 5) is 10.5. The third-order valence-electron chi connectivity index (χ3n) is 1.63. The van der Waals surface area contributed by atoms with Crippen molar-refractivity contribution in [3.63, 3.8) is 0 Å². The van der Waals surface area contributed by atoms with Gasteiger partial charge in [-0.2, -0.15) is 13.2 Å². The van der Waals surface area contributed by atoms with Crippen LogP contribution in [0.25, 0.3) is 0 Å². The van der Waals surface area contributed by atoms with Crippen LogP contribution < -0.4 is 5.73 Å². The van der Waals surface area contributed by atoms with Crippen molar-refractivity contribution < 1.29 is 18.0 Å². The van der Waals surface area contributed by atoms with E-state index < -0.39 is 23.0 Å². The minimum Gasteiger partial charge on any atom is -0.398 e. The van der Waals surface area contributed by atoms with Crippen molar-refractivity contribution in [2.24, 2.45) is 0 Å². The van der Waals surface area contributed by atoms with Crippen molar-refractivity contribution in [3.8, 4) is 0 Å². The molecular formula is C8H5BrF3NO. The highest BCUT2D eigenvalue weighted by Crippen LogP contribution is 2.38. The predicted octanol–water partition coefficient (Wildman–Crippen LogP) is 2.86. The van der Waals surface area contributed by atoms with Gasteiger partial charge in [0.25, 0.3) is 0 Å². The molecule has 6 heteroatoms. The smallest absolute Gasteiger partial charge is 0.398 e. The number of alkyl halides is 3. The Morgan fingerprint density at radius 3 is 2.29 bits per heavy atom. The molecule has 1 rings (SSSR count). The van der Waals surface area contributed by atoms with Crippen LogP contribution in [0.1, 0.15) is 15.9 Å². The van der Waals surface area contributed by atoms with E-state index in [9.17, 15) is 18.0 Å². The quantitative estimate of drug-likeness (QED) is 0.628. The van der Waals surface area contributed by atoms with Gasteiger partial charge in [-0.15, -0.1) is 0 Å². The molecule has 0 saturated carbocycles. The first-order valence-corrected chi connectivity index (χ1v) is 4.27. The van der Waals surface area contributed by atoms with Gasteiger partial charge in [0.15, 0.2) is 6.29 Å². The van der Waals surface area contributed by atoms with Crippen LogP contribution in [0, 0.1) is 0 Å². The lowest BCUT2D eigenvalue weighted by Crippen LogP contribution is -2.12. The number of carbonyl (C=O) groups is 1. The van der Waals surface area contributed by atoms with Crippen LogP contribution in [0.5, 0.6) is 0 Å². The summed E-state index contributed by atoms with van der Waals surface area (Å²) in [5.74, 6) is 0. The molecule has 0 aromatic heterocycles. The van der Waals surface area contributed by atoms with Gasteiger partial charge in [-0.25, -0.2) is 0 Å². The Labute approximate surface area is 86.0 Å². The second-order valence-corrected chi connectivity index (χ2v) is 3.40. The number of halogens is 4. The minimum atomic E-state index is -4.62. The molecule has 0 heterocycles. The zero-order valence-corrected chi connectivity index (χ0v) is 8.32. The van der Waals surface area contributed by atoms with Crippen LogP contribution in [-0.2, 0) is 6.18 Å². The van der Waals surface area contributed by atoms with Crippen LogP contribution in [0.2, 0.25) is 0 Å². The number of aldehydes is 1. The van der Waals surface area contributed by atoms with E-state index in [2.05, 4.69) is 15.9 Å². The van der Waals surface area contributed by atoms with E-state index in [1.807, 2.05) is 0 Å². The molecular weight excluding hydrogens is 263 g/mol. The largest absolute Gasteiger partial charge is 0.419 e. The van der Waals surface area contributed by atoms with E-state index in [4.69, 9.17) is 5.73 Å². The summed E-state index contributed by atoms with van der Waals surface area (Å²) < 4.78 is 37.3. The second-order valence-electron chi connectivity index (χ2n) is 2.54. The van der Waals surface area contributed by atoms with Crippen molar-refractivity contribution in [3.05, 3.63) is 27.7 Å². The summed E-state index contributed by atoms with van der Waals surface area (Å²) in [7, 11) is 0. The van der Waals surface area contributed by atoms with Gasteiger partial charge in [0.05, 0.1) is 5.56 Å². The number of nitrogens with two attached hydrogens (primary N) is 1. The molecule has 14 heavy (non-hydrogen) atoms. The third-order valence-corrected chi connectivity index (χ3v) is 2.32. The molecule has 0 spiro atoms. The number of carbonyl (C=O) groups excluding carboxylic acids is 1. The van der Waals surface area contributed by atoms with E-state index in [0.717, 1.165) is 6.07 Å². The average molecular weight is 268 g/mol. The van der Waals surface area contributed by atoms with Crippen LogP contribution in [0.3, 0.4) is 0 Å². The molecule has 2 N–H and O–H groups in total. The molecule has 2 nitrogen and oxygen atoms in total. The Bertz CT molecular complexity index is 376. The number of hydrogen-bond donors (Lipinski definition) is 1. The molecule has 1 aromatic carbocycles. The highest BCUT2D eigenvalue weighted by Gasteiger charge is 2.36. The maximum atomic E-state index is 12.4. The van der Waals surface area contributed by atoms with Crippen molar-refractivity contribution >= 4 is 27.9 Å². The number of nitrogen functional groups attached to an aromatic ring is 1. The van der Waals surface area contributed by atoms with Gasteiger partial charge in [-0.1, -0.05) is 15.9 Å². The number of hydrogen-bond acceptors (Lipinski definition) is 2. The molecule has 0 aliphatic heterocycles. The molecule has 0 unspecified atom stereocenters. The molecule has 0 aliphatic rings. The monoisotopic (exact) mass is 267 g/mol. The van der Waals surface area contributed by atoms with Gasteiger partial charge < -0.3 is 5.73 Å². The van der Waals surface area contributed by atoms with E-state index in [0.29, 0.717) is 0 Å². The van der Waals surface area contributed by atoms with Crippen LogP contribution >= 0.6 is 15.9 Å². The number of benzene rings is 1. The van der Waals surface area contributed by atoms with Crippen molar-refractivity contribution in [1.82, 2.24) is 0 Å². The standard InChI is InChI=1S/C8H5BrF3NO/c9-5-1-2-6(13)7(4(5)3-14)8(10,11)12/h1-3H,13H2. The van der Waals surface area contributed by atoms with Crippen LogP contribution in [-0.4, -0.2) is 6.29 Å². The molecule has 76 valence electrons. The topological polar surface area (TPSA) is 43.1 Å². The second kappa shape index (κ2) is 3.61. The summed E-state index contributed by atoms with van der Waals surface area (Å²) in [6, 6.07) is 2.40.